The van der Waals surface area contributed by atoms with Crippen LogP contribution in [0.25, 0.3) is 0 Å². The van der Waals surface area contributed by atoms with Crippen LogP contribution in [0.4, 0.5) is 0 Å². The van der Waals surface area contributed by atoms with Crippen molar-refractivity contribution in [1.29, 1.82) is 0 Å². The summed E-state index contributed by atoms with van der Waals surface area (Å²) < 4.78 is 0. The fraction of sp³-hybridized carbons (Fsp3) is 0.765. The molecular weight excluding hydrogens is 292 g/mol. The summed E-state index contributed by atoms with van der Waals surface area (Å²) in [5.41, 5.74) is -1.07. The Labute approximate surface area is 140 Å². The first-order valence-electron chi connectivity index (χ1n) is 7.66. The molecule has 0 saturated carbocycles. The maximum absolute atomic E-state index is 11.5. The van der Waals surface area contributed by atoms with Crippen LogP contribution in [0, 0.1) is 0 Å². The van der Waals surface area contributed by atoms with Crippen molar-refractivity contribution < 1.29 is 9.59 Å². The summed E-state index contributed by atoms with van der Waals surface area (Å²) in [6.07, 6.45) is 3.26. The number of aliphatic imine (C=N–C) groups is 2. The van der Waals surface area contributed by atoms with E-state index in [1.54, 1.807) is 22.5 Å². The summed E-state index contributed by atoms with van der Waals surface area (Å²) in [5.74, 6) is 0.181. The Morgan fingerprint density at radius 2 is 1.04 bits per heavy atom. The van der Waals surface area contributed by atoms with Crippen LogP contribution < -0.4 is 0 Å². The summed E-state index contributed by atoms with van der Waals surface area (Å²) in [6, 6.07) is 0.432. The van der Waals surface area contributed by atoms with Gasteiger partial charge in [0.15, 0.2) is 0 Å². The second kappa shape index (κ2) is 7.23. The monoisotopic (exact) mass is 324 g/mol. The van der Waals surface area contributed by atoms with Gasteiger partial charge in [-0.2, -0.15) is 0 Å². The van der Waals surface area contributed by atoms with Crippen LogP contribution in [0.15, 0.2) is 9.98 Å². The highest BCUT2D eigenvalue weighted by Gasteiger charge is 2.37. The number of nitrogens with zero attached hydrogens (tertiary/aromatic N) is 4. The van der Waals surface area contributed by atoms with Gasteiger partial charge < -0.3 is 0 Å². The predicted octanol–water partition coefficient (Wildman–Crippen LogP) is 2.72. The third kappa shape index (κ3) is 4.62. The Balaban J connectivity index is 0.000000403. The minimum Gasteiger partial charge on any atom is -0.299 e. The van der Waals surface area contributed by atoms with E-state index in [2.05, 4.69) is 9.98 Å². The Morgan fingerprint density at radius 1 is 0.783 bits per heavy atom. The molecule has 23 heavy (non-hydrogen) atoms. The van der Waals surface area contributed by atoms with E-state index in [4.69, 9.17) is 0 Å². The van der Waals surface area contributed by atoms with Crippen LogP contribution in [0.5, 0.6) is 0 Å². The first-order valence-corrected chi connectivity index (χ1v) is 7.66. The highest BCUT2D eigenvalue weighted by molar-refractivity contribution is 6.00. The summed E-state index contributed by atoms with van der Waals surface area (Å²) in [6.45, 7) is 15.2. The maximum Gasteiger partial charge on any atom is 0.255 e. The third-order valence-electron chi connectivity index (χ3n) is 3.64. The van der Waals surface area contributed by atoms with Crippen molar-refractivity contribution in [3.63, 3.8) is 0 Å². The van der Waals surface area contributed by atoms with Gasteiger partial charge in [0.1, 0.15) is 11.1 Å². The zero-order valence-corrected chi connectivity index (χ0v) is 14.9. The van der Waals surface area contributed by atoms with E-state index in [0.29, 0.717) is 0 Å². The Morgan fingerprint density at radius 3 is 1.13 bits per heavy atom. The molecule has 2 amide bonds. The fourth-order valence-electron chi connectivity index (χ4n) is 2.00. The lowest BCUT2D eigenvalue weighted by Crippen LogP contribution is -2.40. The van der Waals surface area contributed by atoms with Gasteiger partial charge in [0, 0.05) is 12.1 Å². The molecule has 0 N–H and O–H groups in total. The Bertz CT molecular complexity index is 459. The van der Waals surface area contributed by atoms with E-state index in [9.17, 15) is 9.59 Å². The van der Waals surface area contributed by atoms with Gasteiger partial charge in [-0.05, 0) is 55.4 Å². The normalized spacial score (nSPS) is 21.0. The molecule has 6 nitrogen and oxygen atoms in total. The van der Waals surface area contributed by atoms with Gasteiger partial charge in [0.2, 0.25) is 0 Å². The molecule has 0 aromatic carbocycles. The average Bonchev–Trinajstić information content (AvgIpc) is 2.79. The predicted molar refractivity (Wildman–Crippen MR) is 95.8 cm³/mol. The second-order valence-corrected chi connectivity index (χ2v) is 7.22. The van der Waals surface area contributed by atoms with Crippen LogP contribution in [0.2, 0.25) is 0 Å². The quantitative estimate of drug-likeness (QED) is 0.784. The van der Waals surface area contributed by atoms with Gasteiger partial charge in [0.25, 0.3) is 11.8 Å². The van der Waals surface area contributed by atoms with Gasteiger partial charge in [-0.1, -0.05) is 7.43 Å². The number of hydrogen-bond acceptors (Lipinski definition) is 4. The topological polar surface area (TPSA) is 65.3 Å². The molecule has 0 radical (unpaired) electrons. The Kier molecular flexibility index (Phi) is 6.69. The summed E-state index contributed by atoms with van der Waals surface area (Å²) >= 11 is 0. The fourth-order valence-corrected chi connectivity index (χ4v) is 2.00. The first-order chi connectivity index (χ1) is 9.90. The van der Waals surface area contributed by atoms with E-state index in [0.717, 1.165) is 0 Å². The maximum atomic E-state index is 11.5. The number of carbonyl (C=O) groups excluding carboxylic acids is 2. The van der Waals surface area contributed by atoms with Crippen LogP contribution in [-0.2, 0) is 9.59 Å². The molecule has 0 fully saturated rings. The van der Waals surface area contributed by atoms with Gasteiger partial charge in [0.05, 0.1) is 12.7 Å². The van der Waals surface area contributed by atoms with Gasteiger partial charge in [-0.25, -0.2) is 0 Å². The molecule has 0 bridgehead atoms. The minimum absolute atomic E-state index is 0. The number of hydrogen-bond donors (Lipinski definition) is 0. The smallest absolute Gasteiger partial charge is 0.255 e. The number of amides is 2. The van der Waals surface area contributed by atoms with Crippen molar-refractivity contribution in [2.75, 3.05) is 0 Å². The van der Waals surface area contributed by atoms with Crippen LogP contribution in [0.1, 0.15) is 62.8 Å². The van der Waals surface area contributed by atoms with Crippen LogP contribution in [0.3, 0.4) is 0 Å². The number of rotatable bonds is 2. The second-order valence-electron chi connectivity index (χ2n) is 7.22. The molecule has 0 unspecified atom stereocenters. The molecule has 132 valence electrons. The van der Waals surface area contributed by atoms with E-state index in [1.165, 1.54) is 0 Å². The van der Waals surface area contributed by atoms with Crippen molar-refractivity contribution in [2.45, 2.75) is 86.0 Å². The molecule has 0 atom stereocenters. The first kappa shape index (κ1) is 21.3. The zero-order valence-electron chi connectivity index (χ0n) is 14.9. The van der Waals surface area contributed by atoms with E-state index < -0.39 is 11.1 Å². The minimum atomic E-state index is -0.537. The lowest BCUT2D eigenvalue weighted by molar-refractivity contribution is -0.131. The molecule has 0 aromatic rings. The van der Waals surface area contributed by atoms with Crippen molar-refractivity contribution in [3.8, 4) is 0 Å². The molecule has 2 heterocycles. The molecule has 6 heteroatoms. The van der Waals surface area contributed by atoms with Crippen molar-refractivity contribution in [2.24, 2.45) is 9.98 Å². The lowest BCUT2D eigenvalue weighted by Gasteiger charge is -2.20. The highest BCUT2D eigenvalue weighted by Crippen LogP contribution is 2.20. The molecule has 0 aromatic heterocycles. The van der Waals surface area contributed by atoms with Gasteiger partial charge in [-0.15, -0.1) is 0 Å². The van der Waals surface area contributed by atoms with Gasteiger partial charge >= 0.3 is 0 Å². The third-order valence-corrected chi connectivity index (χ3v) is 3.64. The van der Waals surface area contributed by atoms with Crippen LogP contribution in [-0.4, -0.2) is 57.5 Å². The van der Waals surface area contributed by atoms with Crippen LogP contribution >= 0.6 is 0 Å². The lowest BCUT2D eigenvalue weighted by atomic mass is 10.1. The van der Waals surface area contributed by atoms with Crippen molar-refractivity contribution in [3.05, 3.63) is 0 Å². The van der Waals surface area contributed by atoms with Crippen molar-refractivity contribution in [1.82, 2.24) is 9.80 Å². The zero-order chi connectivity index (χ0) is 17.3. The molecule has 0 saturated heterocycles. The summed E-state index contributed by atoms with van der Waals surface area (Å²) in [7, 11) is 0. The average molecular weight is 324 g/mol. The SMILES string of the molecule is C.CC(C)N1C=NC(C)(C)C1=O.CC(C)N1C=NC(C)(C)C1=O. The molecule has 0 aliphatic carbocycles. The molecule has 2 rings (SSSR count). The molecule has 2 aliphatic rings. The van der Waals surface area contributed by atoms with E-state index in [1.807, 2.05) is 55.4 Å². The largest absolute Gasteiger partial charge is 0.299 e. The molecule has 0 spiro atoms. The Hall–Kier alpha value is -1.72. The highest BCUT2D eigenvalue weighted by atomic mass is 16.2. The van der Waals surface area contributed by atoms with E-state index >= 15 is 0 Å². The van der Waals surface area contributed by atoms with E-state index in [-0.39, 0.29) is 31.3 Å². The van der Waals surface area contributed by atoms with Gasteiger partial charge in [-0.3, -0.25) is 29.4 Å². The molecule has 2 aliphatic heterocycles. The van der Waals surface area contributed by atoms with Crippen molar-refractivity contribution >= 4 is 24.5 Å². The molecular formula is C17H32N4O2. The summed E-state index contributed by atoms with van der Waals surface area (Å²) in [5, 5.41) is 0. The summed E-state index contributed by atoms with van der Waals surface area (Å²) in [4.78, 5) is 34.5. The standard InChI is InChI=1S/2C8H14N2O.CH4/c2*1-6(2)10-5-9-8(3,4)7(10)11;/h2*5-6H,1-4H3;1H4. The number of carbonyl (C=O) groups is 2.